The van der Waals surface area contributed by atoms with Gasteiger partial charge in [0, 0.05) is 12.8 Å². The zero-order valence-electron chi connectivity index (χ0n) is 14.9. The van der Waals surface area contributed by atoms with Gasteiger partial charge in [-0.2, -0.15) is 9.59 Å². The van der Waals surface area contributed by atoms with Gasteiger partial charge in [0.05, 0.1) is 6.54 Å². The Morgan fingerprint density at radius 2 is 1.67 bits per heavy atom. The molecule has 1 amide bonds. The average molecular weight is 401 g/mol. The number of nitrogens with two attached hydrogens (primary N) is 1. The molecule has 0 aliphatic carbocycles. The van der Waals surface area contributed by atoms with Gasteiger partial charge in [-0.3, -0.25) is 14.4 Å². The molecule has 150 valence electrons. The maximum atomic E-state index is 11.7. The lowest BCUT2D eigenvalue weighted by Crippen LogP contribution is -2.30. The van der Waals surface area contributed by atoms with Gasteiger partial charge in [0.1, 0.15) is 6.04 Å². The number of unbranched alkanes of at least 4 members (excludes halogenated alkanes) is 2. The highest BCUT2D eigenvalue weighted by molar-refractivity contribution is 5.87. The van der Waals surface area contributed by atoms with Gasteiger partial charge in [0.2, 0.25) is 5.91 Å². The summed E-state index contributed by atoms with van der Waals surface area (Å²) < 4.78 is 0. The third-order valence-electron chi connectivity index (χ3n) is 3.46. The number of halogens is 1. The summed E-state index contributed by atoms with van der Waals surface area (Å²) >= 11 is 0. The van der Waals surface area contributed by atoms with Crippen LogP contribution in [0.2, 0.25) is 0 Å². The van der Waals surface area contributed by atoms with Gasteiger partial charge in [0.25, 0.3) is 0 Å². The lowest BCUT2D eigenvalue weighted by atomic mass is 10.1. The Hall–Kier alpha value is -2.54. The summed E-state index contributed by atoms with van der Waals surface area (Å²) in [4.78, 5) is 50.2. The van der Waals surface area contributed by atoms with Crippen LogP contribution in [0.4, 0.5) is 0 Å². The molecule has 0 spiro atoms. The number of hydrogen-bond donors (Lipinski definition) is 3. The van der Waals surface area contributed by atoms with Crippen LogP contribution in [0.1, 0.15) is 37.7 Å². The van der Waals surface area contributed by atoms with Gasteiger partial charge in [-0.05, 0) is 18.4 Å². The fraction of sp³-hybridized carbons (Fsp3) is 0.444. The van der Waals surface area contributed by atoms with E-state index >= 15 is 0 Å². The second-order valence-corrected chi connectivity index (χ2v) is 5.61. The summed E-state index contributed by atoms with van der Waals surface area (Å²) in [7, 11) is 0. The second-order valence-electron chi connectivity index (χ2n) is 5.61. The summed E-state index contributed by atoms with van der Waals surface area (Å²) in [6.45, 7) is 0.0393. The van der Waals surface area contributed by atoms with Crippen LogP contribution in [0.3, 0.4) is 0 Å². The molecule has 0 radical (unpaired) electrons. The van der Waals surface area contributed by atoms with Crippen molar-refractivity contribution in [1.82, 2.24) is 5.32 Å². The van der Waals surface area contributed by atoms with Crippen molar-refractivity contribution in [2.45, 2.75) is 44.6 Å². The van der Waals surface area contributed by atoms with E-state index in [-0.39, 0.29) is 36.8 Å². The first kappa shape index (κ1) is 26.7. The van der Waals surface area contributed by atoms with Crippen molar-refractivity contribution >= 4 is 36.2 Å². The Kier molecular flexibility index (Phi) is 16.7. The molecular formula is C18H25ClN2O6. The van der Waals surface area contributed by atoms with E-state index < -0.39 is 12.0 Å². The van der Waals surface area contributed by atoms with E-state index in [2.05, 4.69) is 5.32 Å². The molecule has 9 heteroatoms. The fourth-order valence-electron chi connectivity index (χ4n) is 2.12. The fourth-order valence-corrected chi connectivity index (χ4v) is 2.12. The van der Waals surface area contributed by atoms with Gasteiger partial charge in [-0.15, -0.1) is 12.4 Å². The lowest BCUT2D eigenvalue weighted by molar-refractivity contribution is -0.191. The van der Waals surface area contributed by atoms with Gasteiger partial charge in [-0.25, -0.2) is 0 Å². The van der Waals surface area contributed by atoms with Crippen LogP contribution in [0.5, 0.6) is 0 Å². The number of hydrogen-bond acceptors (Lipinski definition) is 6. The molecule has 0 heterocycles. The van der Waals surface area contributed by atoms with Crippen molar-refractivity contribution in [2.75, 3.05) is 6.54 Å². The number of amides is 1. The van der Waals surface area contributed by atoms with Crippen molar-refractivity contribution in [3.63, 3.8) is 0 Å². The van der Waals surface area contributed by atoms with E-state index in [4.69, 9.17) is 20.4 Å². The van der Waals surface area contributed by atoms with E-state index in [1.54, 1.807) is 0 Å². The van der Waals surface area contributed by atoms with Crippen LogP contribution in [-0.4, -0.2) is 41.5 Å². The highest BCUT2D eigenvalue weighted by Gasteiger charge is 2.10. The van der Waals surface area contributed by atoms with Crippen LogP contribution in [0.15, 0.2) is 30.3 Å². The number of ketones is 1. The zero-order chi connectivity index (χ0) is 19.8. The Morgan fingerprint density at radius 1 is 1.07 bits per heavy atom. The van der Waals surface area contributed by atoms with Gasteiger partial charge < -0.3 is 16.2 Å². The molecule has 0 aliphatic rings. The van der Waals surface area contributed by atoms with Crippen molar-refractivity contribution in [3.05, 3.63) is 35.9 Å². The molecule has 1 atom stereocenters. The smallest absolute Gasteiger partial charge is 0.373 e. The first-order valence-electron chi connectivity index (χ1n) is 8.20. The Morgan fingerprint density at radius 3 is 2.22 bits per heavy atom. The van der Waals surface area contributed by atoms with Crippen molar-refractivity contribution in [3.8, 4) is 0 Å². The normalized spacial score (nSPS) is 10.3. The van der Waals surface area contributed by atoms with Crippen LogP contribution in [0.25, 0.3) is 0 Å². The Balaban J connectivity index is 0. The first-order chi connectivity index (χ1) is 12.4. The van der Waals surface area contributed by atoms with Crippen molar-refractivity contribution in [2.24, 2.45) is 5.73 Å². The second kappa shape index (κ2) is 16.9. The molecule has 1 rings (SSSR count). The molecule has 1 aromatic carbocycles. The molecule has 0 saturated heterocycles. The van der Waals surface area contributed by atoms with Crippen LogP contribution in [-0.2, 0) is 30.4 Å². The minimum absolute atomic E-state index is 0. The predicted octanol–water partition coefficient (Wildman–Crippen LogP) is 1.12. The number of carbonyl (C=O) groups excluding carboxylic acids is 4. The highest BCUT2D eigenvalue weighted by atomic mass is 35.5. The van der Waals surface area contributed by atoms with E-state index in [0.29, 0.717) is 32.1 Å². The highest BCUT2D eigenvalue weighted by Crippen LogP contribution is 2.05. The standard InChI is InChI=1S/C17H24N2O4.CO2.ClH/c18-15(17(22)23)9-5-2-6-10-16(21)19-12-14(20)11-13-7-3-1-4-8-13;2-1-3;/h1,3-4,7-8,15H,2,5-6,9-12,18H2,(H,19,21)(H,22,23);;1H. The molecule has 0 bridgehead atoms. The summed E-state index contributed by atoms with van der Waals surface area (Å²) in [6, 6.07) is 8.55. The minimum atomic E-state index is -1.00. The molecule has 27 heavy (non-hydrogen) atoms. The molecule has 8 nitrogen and oxygen atoms in total. The van der Waals surface area contributed by atoms with Crippen LogP contribution >= 0.6 is 12.4 Å². The minimum Gasteiger partial charge on any atom is -0.480 e. The van der Waals surface area contributed by atoms with Crippen molar-refractivity contribution in [1.29, 1.82) is 0 Å². The zero-order valence-corrected chi connectivity index (χ0v) is 15.7. The molecule has 1 unspecified atom stereocenters. The summed E-state index contributed by atoms with van der Waals surface area (Å²) in [6.07, 6.45) is 3.38. The Bertz CT molecular complexity index is 603. The number of carbonyl (C=O) groups is 3. The van der Waals surface area contributed by atoms with Gasteiger partial charge in [-0.1, -0.05) is 43.2 Å². The third kappa shape index (κ3) is 15.4. The largest absolute Gasteiger partial charge is 0.480 e. The Labute approximate surface area is 163 Å². The summed E-state index contributed by atoms with van der Waals surface area (Å²) in [5, 5.41) is 11.2. The topological polar surface area (TPSA) is 144 Å². The quantitative estimate of drug-likeness (QED) is 0.472. The van der Waals surface area contributed by atoms with Gasteiger partial charge >= 0.3 is 12.1 Å². The van der Waals surface area contributed by atoms with E-state index in [9.17, 15) is 14.4 Å². The summed E-state index contributed by atoms with van der Waals surface area (Å²) in [5.41, 5.74) is 6.32. The molecule has 0 fully saturated rings. The number of carboxylic acid groups (broad SMARTS) is 1. The molecule has 0 saturated carbocycles. The van der Waals surface area contributed by atoms with Crippen molar-refractivity contribution < 1.29 is 29.1 Å². The summed E-state index contributed by atoms with van der Waals surface area (Å²) in [5.74, 6) is -1.19. The number of aliphatic carboxylic acids is 1. The third-order valence-corrected chi connectivity index (χ3v) is 3.46. The number of nitrogens with one attached hydrogen (secondary N) is 1. The van der Waals surface area contributed by atoms with Gasteiger partial charge in [0.15, 0.2) is 5.78 Å². The molecular weight excluding hydrogens is 376 g/mol. The number of Topliss-reactive ketones (excluding diaryl/α,β-unsaturated/α-hetero) is 1. The van der Waals surface area contributed by atoms with Crippen LogP contribution in [0, 0.1) is 0 Å². The molecule has 0 aromatic heterocycles. The molecule has 0 aliphatic heterocycles. The molecule has 4 N–H and O–H groups in total. The van der Waals surface area contributed by atoms with E-state index in [1.165, 1.54) is 0 Å². The SMILES string of the molecule is Cl.NC(CCCCCC(=O)NCC(=O)Cc1ccccc1)C(=O)O.O=C=O. The number of benzene rings is 1. The predicted molar refractivity (Wildman–Crippen MR) is 99.1 cm³/mol. The average Bonchev–Trinajstić information content (AvgIpc) is 2.61. The first-order valence-corrected chi connectivity index (χ1v) is 8.20. The van der Waals surface area contributed by atoms with Crippen LogP contribution < -0.4 is 11.1 Å². The van der Waals surface area contributed by atoms with E-state index in [0.717, 1.165) is 12.0 Å². The monoisotopic (exact) mass is 400 g/mol. The molecule has 1 aromatic rings. The maximum absolute atomic E-state index is 11.7. The van der Waals surface area contributed by atoms with E-state index in [1.807, 2.05) is 30.3 Å². The lowest BCUT2D eigenvalue weighted by Gasteiger charge is -2.06. The number of rotatable bonds is 11. The maximum Gasteiger partial charge on any atom is 0.373 e. The number of carboxylic acids is 1.